The van der Waals surface area contributed by atoms with E-state index in [2.05, 4.69) is 0 Å². The van der Waals surface area contributed by atoms with Gasteiger partial charge in [-0.2, -0.15) is 30.7 Å². The van der Waals surface area contributed by atoms with Crippen LogP contribution in [0.25, 0.3) is 0 Å². The Labute approximate surface area is 130 Å². The number of carbonyl (C=O) groups is 1. The van der Waals surface area contributed by atoms with Gasteiger partial charge in [-0.05, 0) is 27.2 Å². The van der Waals surface area contributed by atoms with E-state index < -0.39 is 41.9 Å². The number of alkyl halides is 7. The Kier molecular flexibility index (Phi) is 6.93. The third kappa shape index (κ3) is 6.18. The van der Waals surface area contributed by atoms with Crippen molar-refractivity contribution in [1.29, 1.82) is 0 Å². The quantitative estimate of drug-likeness (QED) is 0.455. The average Bonchev–Trinajstić information content (AvgIpc) is 2.30. The smallest absolute Gasteiger partial charge is 0.459 e. The second-order valence-corrected chi connectivity index (χ2v) is 6.35. The van der Waals surface area contributed by atoms with Crippen LogP contribution in [0.3, 0.4) is 0 Å². The van der Waals surface area contributed by atoms with E-state index in [0.29, 0.717) is 6.42 Å². The molecule has 2 nitrogen and oxygen atoms in total. The number of hydrogen-bond donors (Lipinski definition) is 0. The first-order valence-corrected chi connectivity index (χ1v) is 7.10. The number of carbonyl (C=O) groups excluding carboxylic acids is 1. The Balaban J connectivity index is 5.33. The van der Waals surface area contributed by atoms with Crippen LogP contribution in [0, 0.1) is 5.92 Å². The molecule has 1 atom stereocenters. The summed E-state index contributed by atoms with van der Waals surface area (Å²) in [7, 11) is 0. The highest BCUT2D eigenvalue weighted by atomic mass is 19.4. The maximum Gasteiger partial charge on any atom is 0.459 e. The SMILES string of the molecule is CCCCC(CC(F)(F)C(F)(F)C(F)(F)F)C(=O)OC(C)(C)C. The predicted molar refractivity (Wildman–Crippen MR) is 69.4 cm³/mol. The molecule has 0 fully saturated rings. The first-order chi connectivity index (χ1) is 10.0. The first kappa shape index (κ1) is 22.0. The standard InChI is InChI=1S/C14H21F7O2/c1-5-6-7-9(10(22)23-11(2,3)4)8-12(15,16)13(17,18)14(19,20)21/h9H,5-8H2,1-4H3. The molecule has 1 unspecified atom stereocenters. The van der Waals surface area contributed by atoms with Crippen LogP contribution < -0.4 is 0 Å². The molecule has 0 rings (SSSR count). The molecule has 0 aromatic rings. The third-order valence-corrected chi connectivity index (χ3v) is 2.96. The van der Waals surface area contributed by atoms with Gasteiger partial charge in [-0.15, -0.1) is 0 Å². The van der Waals surface area contributed by atoms with E-state index in [1.165, 1.54) is 20.8 Å². The Morgan fingerprint density at radius 2 is 1.48 bits per heavy atom. The normalized spacial score (nSPS) is 15.4. The van der Waals surface area contributed by atoms with Crippen molar-refractivity contribution in [2.24, 2.45) is 5.92 Å². The minimum atomic E-state index is -6.40. The van der Waals surface area contributed by atoms with Gasteiger partial charge in [0.1, 0.15) is 5.60 Å². The van der Waals surface area contributed by atoms with E-state index in [1.807, 2.05) is 0 Å². The van der Waals surface area contributed by atoms with E-state index in [-0.39, 0.29) is 12.8 Å². The number of rotatable bonds is 7. The molecule has 0 aliphatic carbocycles. The van der Waals surface area contributed by atoms with Crippen LogP contribution in [0.15, 0.2) is 0 Å². The highest BCUT2D eigenvalue weighted by Gasteiger charge is 2.73. The lowest BCUT2D eigenvalue weighted by Crippen LogP contribution is -2.53. The fraction of sp³-hybridized carbons (Fsp3) is 0.929. The molecule has 0 amide bonds. The van der Waals surface area contributed by atoms with Gasteiger partial charge < -0.3 is 4.74 Å². The summed E-state index contributed by atoms with van der Waals surface area (Å²) in [5.74, 6) is -14.6. The molecule has 138 valence electrons. The molecule has 0 aromatic carbocycles. The van der Waals surface area contributed by atoms with Gasteiger partial charge in [0.05, 0.1) is 5.92 Å². The topological polar surface area (TPSA) is 26.3 Å². The van der Waals surface area contributed by atoms with Crippen molar-refractivity contribution in [2.75, 3.05) is 0 Å². The van der Waals surface area contributed by atoms with Gasteiger partial charge in [-0.3, -0.25) is 4.79 Å². The van der Waals surface area contributed by atoms with E-state index in [9.17, 15) is 35.5 Å². The zero-order valence-corrected chi connectivity index (χ0v) is 13.4. The lowest BCUT2D eigenvalue weighted by Gasteiger charge is -2.31. The summed E-state index contributed by atoms with van der Waals surface area (Å²) >= 11 is 0. The van der Waals surface area contributed by atoms with E-state index in [4.69, 9.17) is 4.74 Å². The van der Waals surface area contributed by atoms with Crippen LogP contribution in [-0.4, -0.2) is 29.6 Å². The Bertz CT molecular complexity index is 397. The molecule has 0 saturated heterocycles. The highest BCUT2D eigenvalue weighted by Crippen LogP contribution is 2.49. The van der Waals surface area contributed by atoms with Gasteiger partial charge in [0.25, 0.3) is 0 Å². The fourth-order valence-corrected chi connectivity index (χ4v) is 1.78. The number of ether oxygens (including phenoxy) is 1. The van der Waals surface area contributed by atoms with Crippen molar-refractivity contribution >= 4 is 5.97 Å². The summed E-state index contributed by atoms with van der Waals surface area (Å²) < 4.78 is 94.2. The van der Waals surface area contributed by atoms with Gasteiger partial charge in [0.15, 0.2) is 0 Å². The van der Waals surface area contributed by atoms with Gasteiger partial charge in [0, 0.05) is 6.42 Å². The molecule has 0 spiro atoms. The van der Waals surface area contributed by atoms with Gasteiger partial charge in [-0.1, -0.05) is 19.8 Å². The van der Waals surface area contributed by atoms with Crippen molar-refractivity contribution in [3.63, 3.8) is 0 Å². The van der Waals surface area contributed by atoms with E-state index in [1.54, 1.807) is 6.92 Å². The zero-order valence-electron chi connectivity index (χ0n) is 13.4. The zero-order chi connectivity index (χ0) is 18.7. The van der Waals surface area contributed by atoms with Crippen LogP contribution in [0.4, 0.5) is 30.7 Å². The van der Waals surface area contributed by atoms with Crippen molar-refractivity contribution < 1.29 is 40.3 Å². The average molecular weight is 354 g/mol. The molecule has 0 aliphatic heterocycles. The molecule has 0 bridgehead atoms. The third-order valence-electron chi connectivity index (χ3n) is 2.96. The first-order valence-electron chi connectivity index (χ1n) is 7.10. The van der Waals surface area contributed by atoms with Gasteiger partial charge in [0.2, 0.25) is 0 Å². The van der Waals surface area contributed by atoms with Crippen LogP contribution in [0.1, 0.15) is 53.4 Å². The molecular weight excluding hydrogens is 333 g/mol. The van der Waals surface area contributed by atoms with E-state index in [0.717, 1.165) is 0 Å². The predicted octanol–water partition coefficient (Wildman–Crippen LogP) is 5.36. The molecule has 0 heterocycles. The van der Waals surface area contributed by atoms with Crippen molar-refractivity contribution in [3.05, 3.63) is 0 Å². The lowest BCUT2D eigenvalue weighted by atomic mass is 9.92. The highest BCUT2D eigenvalue weighted by molar-refractivity contribution is 5.73. The Morgan fingerprint density at radius 3 is 1.83 bits per heavy atom. The molecule has 0 aliphatic rings. The number of unbranched alkanes of at least 4 members (excludes halogenated alkanes) is 1. The maximum absolute atomic E-state index is 13.5. The summed E-state index contributed by atoms with van der Waals surface area (Å²) in [4.78, 5) is 11.8. The Hall–Kier alpha value is -1.02. The fourth-order valence-electron chi connectivity index (χ4n) is 1.78. The van der Waals surface area contributed by atoms with Crippen LogP contribution in [0.5, 0.6) is 0 Å². The summed E-state index contributed by atoms with van der Waals surface area (Å²) in [5.41, 5.74) is -1.07. The van der Waals surface area contributed by atoms with E-state index >= 15 is 0 Å². The number of esters is 1. The lowest BCUT2D eigenvalue weighted by molar-refractivity contribution is -0.357. The second-order valence-electron chi connectivity index (χ2n) is 6.35. The molecule has 9 heteroatoms. The van der Waals surface area contributed by atoms with Crippen molar-refractivity contribution in [1.82, 2.24) is 0 Å². The van der Waals surface area contributed by atoms with Crippen LogP contribution in [0.2, 0.25) is 0 Å². The largest absolute Gasteiger partial charge is 0.460 e. The molecule has 23 heavy (non-hydrogen) atoms. The minimum absolute atomic E-state index is 0.220. The summed E-state index contributed by atoms with van der Waals surface area (Å²) in [6.45, 7) is 5.97. The number of hydrogen-bond acceptors (Lipinski definition) is 2. The summed E-state index contributed by atoms with van der Waals surface area (Å²) in [6.07, 6.45) is -7.90. The molecule has 0 N–H and O–H groups in total. The van der Waals surface area contributed by atoms with Gasteiger partial charge in [-0.25, -0.2) is 0 Å². The second kappa shape index (κ2) is 7.25. The summed E-state index contributed by atoms with van der Waals surface area (Å²) in [5, 5.41) is 0. The van der Waals surface area contributed by atoms with Gasteiger partial charge >= 0.3 is 24.0 Å². The Morgan fingerprint density at radius 1 is 1.00 bits per heavy atom. The molecule has 0 aromatic heterocycles. The van der Waals surface area contributed by atoms with Crippen LogP contribution >= 0.6 is 0 Å². The molecule has 0 saturated carbocycles. The molecular formula is C14H21F7O2. The van der Waals surface area contributed by atoms with Crippen molar-refractivity contribution in [2.45, 2.75) is 77.0 Å². The minimum Gasteiger partial charge on any atom is -0.460 e. The van der Waals surface area contributed by atoms with Crippen LogP contribution in [-0.2, 0) is 9.53 Å². The van der Waals surface area contributed by atoms with Crippen molar-refractivity contribution in [3.8, 4) is 0 Å². The molecule has 0 radical (unpaired) electrons. The number of halogens is 7. The summed E-state index contributed by atoms with van der Waals surface area (Å²) in [6, 6.07) is 0. The maximum atomic E-state index is 13.5. The monoisotopic (exact) mass is 354 g/mol.